The fourth-order valence-electron chi connectivity index (χ4n) is 3.19. The van der Waals surface area contributed by atoms with Gasteiger partial charge in [0, 0.05) is 44.0 Å². The first-order valence-electron chi connectivity index (χ1n) is 8.59. The second-order valence-electron chi connectivity index (χ2n) is 7.38. The van der Waals surface area contributed by atoms with Crippen molar-refractivity contribution in [1.29, 1.82) is 0 Å². The number of rotatable bonds is 2. The van der Waals surface area contributed by atoms with Crippen molar-refractivity contribution in [2.24, 2.45) is 0 Å². The summed E-state index contributed by atoms with van der Waals surface area (Å²) in [4.78, 5) is 28.0. The number of benzene rings is 1. The monoisotopic (exact) mass is 340 g/mol. The quantitative estimate of drug-likeness (QED) is 0.843. The molecule has 0 aliphatic carbocycles. The van der Waals surface area contributed by atoms with E-state index in [1.807, 2.05) is 0 Å². The van der Waals surface area contributed by atoms with Crippen molar-refractivity contribution in [3.63, 3.8) is 0 Å². The molecule has 0 bridgehead atoms. The van der Waals surface area contributed by atoms with Gasteiger partial charge in [-0.05, 0) is 17.0 Å². The SMILES string of the molecule is CC(C)(C)c1ccccc1N1CCN(C(=O)c2cc(=O)cco2)CC1. The summed E-state index contributed by atoms with van der Waals surface area (Å²) in [5, 5.41) is 0. The second-order valence-corrected chi connectivity index (χ2v) is 7.38. The summed E-state index contributed by atoms with van der Waals surface area (Å²) in [5.41, 5.74) is 2.39. The number of anilines is 1. The van der Waals surface area contributed by atoms with Crippen LogP contribution in [0.25, 0.3) is 0 Å². The minimum Gasteiger partial charge on any atom is -0.459 e. The van der Waals surface area contributed by atoms with Crippen LogP contribution in [0.2, 0.25) is 0 Å². The lowest BCUT2D eigenvalue weighted by molar-refractivity contribution is 0.0712. The van der Waals surface area contributed by atoms with E-state index in [1.54, 1.807) is 4.90 Å². The van der Waals surface area contributed by atoms with Crippen LogP contribution in [0.4, 0.5) is 5.69 Å². The molecule has 1 fully saturated rings. The Hall–Kier alpha value is -2.56. The second kappa shape index (κ2) is 6.75. The first kappa shape index (κ1) is 17.3. The third kappa shape index (κ3) is 3.76. The molecule has 25 heavy (non-hydrogen) atoms. The highest BCUT2D eigenvalue weighted by atomic mass is 16.3. The third-order valence-electron chi connectivity index (χ3n) is 4.53. The van der Waals surface area contributed by atoms with Gasteiger partial charge in [-0.15, -0.1) is 0 Å². The summed E-state index contributed by atoms with van der Waals surface area (Å²) in [7, 11) is 0. The van der Waals surface area contributed by atoms with E-state index in [4.69, 9.17) is 4.42 Å². The van der Waals surface area contributed by atoms with E-state index in [-0.39, 0.29) is 22.5 Å². The number of hydrogen-bond donors (Lipinski definition) is 0. The van der Waals surface area contributed by atoms with E-state index in [0.29, 0.717) is 13.1 Å². The van der Waals surface area contributed by atoms with Crippen LogP contribution in [0.1, 0.15) is 36.9 Å². The lowest BCUT2D eigenvalue weighted by Gasteiger charge is -2.38. The van der Waals surface area contributed by atoms with Crippen LogP contribution in [-0.2, 0) is 5.41 Å². The first-order valence-corrected chi connectivity index (χ1v) is 8.59. The van der Waals surface area contributed by atoms with E-state index in [2.05, 4.69) is 49.9 Å². The minimum absolute atomic E-state index is 0.0665. The smallest absolute Gasteiger partial charge is 0.289 e. The average molecular weight is 340 g/mol. The largest absolute Gasteiger partial charge is 0.459 e. The Balaban J connectivity index is 1.73. The predicted molar refractivity (Wildman–Crippen MR) is 98.2 cm³/mol. The molecule has 1 aliphatic rings. The number of carbonyl (C=O) groups excluding carboxylic acids is 1. The lowest BCUT2D eigenvalue weighted by Crippen LogP contribution is -2.49. The Bertz CT molecular complexity index is 812. The molecule has 2 heterocycles. The highest BCUT2D eigenvalue weighted by Crippen LogP contribution is 2.32. The van der Waals surface area contributed by atoms with Crippen molar-refractivity contribution < 1.29 is 9.21 Å². The van der Waals surface area contributed by atoms with Crippen molar-refractivity contribution in [3.8, 4) is 0 Å². The van der Waals surface area contributed by atoms with Gasteiger partial charge in [0.25, 0.3) is 5.91 Å². The van der Waals surface area contributed by atoms with E-state index in [1.165, 1.54) is 29.6 Å². The van der Waals surface area contributed by atoms with Gasteiger partial charge in [0.15, 0.2) is 11.2 Å². The molecule has 5 heteroatoms. The van der Waals surface area contributed by atoms with Crippen LogP contribution in [0, 0.1) is 0 Å². The summed E-state index contributed by atoms with van der Waals surface area (Å²) < 4.78 is 5.19. The molecular formula is C20H24N2O3. The molecule has 5 nitrogen and oxygen atoms in total. The molecule has 1 aromatic carbocycles. The van der Waals surface area contributed by atoms with E-state index < -0.39 is 0 Å². The molecule has 0 atom stereocenters. The molecule has 0 radical (unpaired) electrons. The molecule has 3 rings (SSSR count). The van der Waals surface area contributed by atoms with Crippen LogP contribution in [-0.4, -0.2) is 37.0 Å². The van der Waals surface area contributed by atoms with Gasteiger partial charge >= 0.3 is 0 Å². The van der Waals surface area contributed by atoms with Gasteiger partial charge < -0.3 is 14.2 Å². The van der Waals surface area contributed by atoms with Crippen LogP contribution in [0.15, 0.2) is 51.9 Å². The topological polar surface area (TPSA) is 53.8 Å². The Morgan fingerprint density at radius 2 is 1.72 bits per heavy atom. The normalized spacial score (nSPS) is 15.3. The third-order valence-corrected chi connectivity index (χ3v) is 4.53. The molecule has 1 amide bonds. The highest BCUT2D eigenvalue weighted by molar-refractivity contribution is 5.91. The molecule has 0 spiro atoms. The number of nitrogens with zero attached hydrogens (tertiary/aromatic N) is 2. The zero-order valence-corrected chi connectivity index (χ0v) is 15.0. The molecule has 0 saturated carbocycles. The van der Waals surface area contributed by atoms with Crippen LogP contribution < -0.4 is 10.3 Å². The van der Waals surface area contributed by atoms with Gasteiger partial charge in [-0.2, -0.15) is 0 Å². The Labute approximate surface area is 147 Å². The molecule has 1 aliphatic heterocycles. The molecular weight excluding hydrogens is 316 g/mol. The van der Waals surface area contributed by atoms with E-state index in [0.717, 1.165) is 13.1 Å². The van der Waals surface area contributed by atoms with E-state index in [9.17, 15) is 9.59 Å². The van der Waals surface area contributed by atoms with Crippen LogP contribution in [0.5, 0.6) is 0 Å². The number of amides is 1. The van der Waals surface area contributed by atoms with Crippen molar-refractivity contribution in [2.45, 2.75) is 26.2 Å². The maximum Gasteiger partial charge on any atom is 0.289 e. The molecule has 1 saturated heterocycles. The van der Waals surface area contributed by atoms with Gasteiger partial charge in [-0.3, -0.25) is 9.59 Å². The number of carbonyl (C=O) groups is 1. The molecule has 0 unspecified atom stereocenters. The van der Waals surface area contributed by atoms with E-state index >= 15 is 0 Å². The fourth-order valence-corrected chi connectivity index (χ4v) is 3.19. The zero-order valence-electron chi connectivity index (χ0n) is 15.0. The van der Waals surface area contributed by atoms with Crippen LogP contribution >= 0.6 is 0 Å². The maximum absolute atomic E-state index is 12.5. The van der Waals surface area contributed by atoms with Gasteiger partial charge in [-0.25, -0.2) is 0 Å². The molecule has 2 aromatic rings. The summed E-state index contributed by atoms with van der Waals surface area (Å²) in [6, 6.07) is 11.0. The maximum atomic E-state index is 12.5. The standard InChI is InChI=1S/C20H24N2O3/c1-20(2,3)16-6-4-5-7-17(16)21-9-11-22(12-10-21)19(24)18-14-15(23)8-13-25-18/h4-8,13-14H,9-12H2,1-3H3. The van der Waals surface area contributed by atoms with Gasteiger partial charge in [0.1, 0.15) is 0 Å². The Kier molecular flexibility index (Phi) is 4.66. The number of hydrogen-bond acceptors (Lipinski definition) is 4. The summed E-state index contributed by atoms with van der Waals surface area (Å²) >= 11 is 0. The molecule has 1 aromatic heterocycles. The summed E-state index contributed by atoms with van der Waals surface area (Å²) in [5.74, 6) is -0.113. The van der Waals surface area contributed by atoms with Crippen LogP contribution in [0.3, 0.4) is 0 Å². The molecule has 132 valence electrons. The zero-order chi connectivity index (χ0) is 18.0. The van der Waals surface area contributed by atoms with Gasteiger partial charge in [0.05, 0.1) is 6.26 Å². The number of piperazine rings is 1. The summed E-state index contributed by atoms with van der Waals surface area (Å²) in [6.45, 7) is 9.37. The fraction of sp³-hybridized carbons (Fsp3) is 0.400. The predicted octanol–water partition coefficient (Wildman–Crippen LogP) is 2.90. The van der Waals surface area contributed by atoms with Gasteiger partial charge in [-0.1, -0.05) is 39.0 Å². The minimum atomic E-state index is -0.221. The van der Waals surface area contributed by atoms with Gasteiger partial charge in [0.2, 0.25) is 0 Å². The highest BCUT2D eigenvalue weighted by Gasteiger charge is 2.26. The van der Waals surface area contributed by atoms with Crippen molar-refractivity contribution >= 4 is 11.6 Å². The number of para-hydroxylation sites is 1. The average Bonchev–Trinajstić information content (AvgIpc) is 2.60. The first-order chi connectivity index (χ1) is 11.9. The van der Waals surface area contributed by atoms with Crippen molar-refractivity contribution in [1.82, 2.24) is 4.90 Å². The van der Waals surface area contributed by atoms with Crippen molar-refractivity contribution in [3.05, 3.63) is 64.2 Å². The Morgan fingerprint density at radius 3 is 2.36 bits per heavy atom. The summed E-state index contributed by atoms with van der Waals surface area (Å²) in [6.07, 6.45) is 1.27. The lowest BCUT2D eigenvalue weighted by atomic mass is 9.85. The van der Waals surface area contributed by atoms with Crippen molar-refractivity contribution in [2.75, 3.05) is 31.1 Å². The molecule has 0 N–H and O–H groups in total. The Morgan fingerprint density at radius 1 is 1.04 bits per heavy atom.